The summed E-state index contributed by atoms with van der Waals surface area (Å²) in [4.78, 5) is 15.6. The van der Waals surface area contributed by atoms with Crippen LogP contribution in [-0.2, 0) is 6.42 Å². The van der Waals surface area contributed by atoms with Crippen LogP contribution in [0, 0.1) is 5.92 Å². The number of carboxylic acid groups (broad SMARTS) is 1. The molecule has 1 aromatic carbocycles. The standard InChI is InChI=1S/C20H25ClN2O2/c1-14(13-20(2,3)23-19(24)25)17(18-6-4-5-11-22-18)12-15-7-9-16(21)10-8-15/h4-11,14,17,23H,12-13H2,1-3H3,(H,24,25). The smallest absolute Gasteiger partial charge is 0.405 e. The van der Waals surface area contributed by atoms with E-state index in [0.29, 0.717) is 6.42 Å². The molecule has 25 heavy (non-hydrogen) atoms. The average Bonchev–Trinajstić information content (AvgIpc) is 2.53. The summed E-state index contributed by atoms with van der Waals surface area (Å²) in [5.41, 5.74) is 1.71. The number of benzene rings is 1. The molecule has 2 rings (SSSR count). The van der Waals surface area contributed by atoms with Crippen LogP contribution in [0.5, 0.6) is 0 Å². The number of halogens is 1. The predicted octanol–water partition coefficient (Wildman–Crippen LogP) is 5.13. The fraction of sp³-hybridized carbons (Fsp3) is 0.400. The summed E-state index contributed by atoms with van der Waals surface area (Å²) in [7, 11) is 0. The first kappa shape index (κ1) is 19.3. The van der Waals surface area contributed by atoms with Gasteiger partial charge in [-0.1, -0.05) is 36.7 Å². The normalized spacial score (nSPS) is 13.9. The third-order valence-electron chi connectivity index (χ3n) is 4.40. The fourth-order valence-electron chi connectivity index (χ4n) is 3.35. The molecule has 1 heterocycles. The summed E-state index contributed by atoms with van der Waals surface area (Å²) < 4.78 is 0. The van der Waals surface area contributed by atoms with Gasteiger partial charge in [0.1, 0.15) is 0 Å². The van der Waals surface area contributed by atoms with Crippen LogP contribution in [0.4, 0.5) is 4.79 Å². The molecule has 5 heteroatoms. The van der Waals surface area contributed by atoms with Gasteiger partial charge in [-0.25, -0.2) is 4.79 Å². The molecule has 0 aliphatic rings. The van der Waals surface area contributed by atoms with Gasteiger partial charge in [-0.3, -0.25) is 4.98 Å². The van der Waals surface area contributed by atoms with Crippen LogP contribution >= 0.6 is 11.6 Å². The van der Waals surface area contributed by atoms with Gasteiger partial charge in [-0.15, -0.1) is 0 Å². The Hall–Kier alpha value is -2.07. The third kappa shape index (κ3) is 6.05. The second kappa shape index (κ2) is 8.34. The van der Waals surface area contributed by atoms with E-state index in [1.807, 2.05) is 56.3 Å². The minimum absolute atomic E-state index is 0.192. The summed E-state index contributed by atoms with van der Waals surface area (Å²) in [6, 6.07) is 13.8. The number of hydrogen-bond acceptors (Lipinski definition) is 2. The van der Waals surface area contributed by atoms with Gasteiger partial charge in [0.15, 0.2) is 0 Å². The van der Waals surface area contributed by atoms with E-state index < -0.39 is 11.6 Å². The first-order valence-corrected chi connectivity index (χ1v) is 8.81. The Kier molecular flexibility index (Phi) is 6.43. The molecule has 0 saturated heterocycles. The van der Waals surface area contributed by atoms with Crippen molar-refractivity contribution in [2.24, 2.45) is 5.92 Å². The molecule has 0 aliphatic carbocycles. The van der Waals surface area contributed by atoms with Crippen molar-refractivity contribution in [1.29, 1.82) is 0 Å². The number of nitrogens with zero attached hydrogens (tertiary/aromatic N) is 1. The number of aromatic nitrogens is 1. The topological polar surface area (TPSA) is 62.2 Å². The molecule has 1 aromatic heterocycles. The van der Waals surface area contributed by atoms with E-state index >= 15 is 0 Å². The van der Waals surface area contributed by atoms with Crippen LogP contribution in [0.3, 0.4) is 0 Å². The summed E-state index contributed by atoms with van der Waals surface area (Å²) in [5.74, 6) is 0.435. The summed E-state index contributed by atoms with van der Waals surface area (Å²) in [6.45, 7) is 5.98. The minimum Gasteiger partial charge on any atom is -0.465 e. The monoisotopic (exact) mass is 360 g/mol. The van der Waals surface area contributed by atoms with Gasteiger partial charge in [0.05, 0.1) is 0 Å². The van der Waals surface area contributed by atoms with Gasteiger partial charge >= 0.3 is 6.09 Å². The van der Waals surface area contributed by atoms with Crippen LogP contribution in [0.1, 0.15) is 44.4 Å². The molecule has 134 valence electrons. The largest absolute Gasteiger partial charge is 0.465 e. The second-order valence-corrected chi connectivity index (χ2v) is 7.62. The summed E-state index contributed by atoms with van der Waals surface area (Å²) >= 11 is 5.99. The van der Waals surface area contributed by atoms with E-state index in [0.717, 1.165) is 17.1 Å². The number of carbonyl (C=O) groups is 1. The minimum atomic E-state index is -0.996. The van der Waals surface area contributed by atoms with E-state index in [2.05, 4.69) is 17.2 Å². The fourth-order valence-corrected chi connectivity index (χ4v) is 3.48. The van der Waals surface area contributed by atoms with Crippen molar-refractivity contribution in [3.8, 4) is 0 Å². The van der Waals surface area contributed by atoms with Gasteiger partial charge in [-0.2, -0.15) is 0 Å². The van der Waals surface area contributed by atoms with E-state index in [9.17, 15) is 4.79 Å². The Morgan fingerprint density at radius 3 is 2.48 bits per heavy atom. The van der Waals surface area contributed by atoms with Crippen LogP contribution in [-0.4, -0.2) is 21.7 Å². The molecule has 0 saturated carbocycles. The van der Waals surface area contributed by atoms with Crippen molar-refractivity contribution in [3.63, 3.8) is 0 Å². The molecule has 0 aliphatic heterocycles. The van der Waals surface area contributed by atoms with Crippen LogP contribution in [0.25, 0.3) is 0 Å². The molecule has 0 fully saturated rings. The van der Waals surface area contributed by atoms with E-state index in [-0.39, 0.29) is 11.8 Å². The van der Waals surface area contributed by atoms with Crippen LogP contribution < -0.4 is 5.32 Å². The lowest BCUT2D eigenvalue weighted by atomic mass is 9.78. The lowest BCUT2D eigenvalue weighted by molar-refractivity contribution is 0.175. The highest BCUT2D eigenvalue weighted by atomic mass is 35.5. The molecular weight excluding hydrogens is 336 g/mol. The molecule has 0 spiro atoms. The van der Waals surface area contributed by atoms with E-state index in [4.69, 9.17) is 16.7 Å². The number of pyridine rings is 1. The average molecular weight is 361 g/mol. The van der Waals surface area contributed by atoms with Gasteiger partial charge < -0.3 is 10.4 Å². The molecule has 1 amide bonds. The highest BCUT2D eigenvalue weighted by Crippen LogP contribution is 2.33. The summed E-state index contributed by atoms with van der Waals surface area (Å²) in [6.07, 6.45) is 2.36. The lowest BCUT2D eigenvalue weighted by Crippen LogP contribution is -2.44. The Morgan fingerprint density at radius 1 is 1.24 bits per heavy atom. The Morgan fingerprint density at radius 2 is 1.92 bits per heavy atom. The van der Waals surface area contributed by atoms with Crippen molar-refractivity contribution in [1.82, 2.24) is 10.3 Å². The lowest BCUT2D eigenvalue weighted by Gasteiger charge is -2.32. The van der Waals surface area contributed by atoms with Crippen LogP contribution in [0.15, 0.2) is 48.7 Å². The number of amides is 1. The first-order valence-electron chi connectivity index (χ1n) is 8.43. The van der Waals surface area contributed by atoms with Crippen molar-refractivity contribution >= 4 is 17.7 Å². The molecule has 4 nitrogen and oxygen atoms in total. The molecule has 0 radical (unpaired) electrons. The maximum atomic E-state index is 11.0. The molecule has 0 bridgehead atoms. The van der Waals surface area contributed by atoms with Gasteiger partial charge in [-0.05, 0) is 62.4 Å². The van der Waals surface area contributed by atoms with Gasteiger partial charge in [0.2, 0.25) is 0 Å². The summed E-state index contributed by atoms with van der Waals surface area (Å²) in [5, 5.41) is 12.4. The van der Waals surface area contributed by atoms with Crippen molar-refractivity contribution in [3.05, 3.63) is 64.9 Å². The number of hydrogen-bond donors (Lipinski definition) is 2. The number of nitrogens with one attached hydrogen (secondary N) is 1. The molecular formula is C20H25ClN2O2. The van der Waals surface area contributed by atoms with Crippen molar-refractivity contribution < 1.29 is 9.90 Å². The maximum absolute atomic E-state index is 11.0. The maximum Gasteiger partial charge on any atom is 0.405 e. The zero-order chi connectivity index (χ0) is 18.4. The van der Waals surface area contributed by atoms with Crippen LogP contribution in [0.2, 0.25) is 5.02 Å². The second-order valence-electron chi connectivity index (χ2n) is 7.19. The molecule has 2 unspecified atom stereocenters. The van der Waals surface area contributed by atoms with Gasteiger partial charge in [0.25, 0.3) is 0 Å². The van der Waals surface area contributed by atoms with Crippen molar-refractivity contribution in [2.75, 3.05) is 0 Å². The Bertz CT molecular complexity index is 687. The highest BCUT2D eigenvalue weighted by Gasteiger charge is 2.29. The highest BCUT2D eigenvalue weighted by molar-refractivity contribution is 6.30. The zero-order valence-electron chi connectivity index (χ0n) is 14.9. The van der Waals surface area contributed by atoms with E-state index in [1.165, 1.54) is 5.56 Å². The third-order valence-corrected chi connectivity index (χ3v) is 4.65. The van der Waals surface area contributed by atoms with Crippen molar-refractivity contribution in [2.45, 2.75) is 45.1 Å². The van der Waals surface area contributed by atoms with E-state index in [1.54, 1.807) is 6.20 Å². The SMILES string of the molecule is CC(CC(C)(C)NC(=O)O)C(Cc1ccc(Cl)cc1)c1ccccn1. The molecule has 2 N–H and O–H groups in total. The first-order chi connectivity index (χ1) is 11.8. The zero-order valence-corrected chi connectivity index (χ0v) is 15.6. The number of rotatable bonds is 7. The molecule has 2 atom stereocenters. The van der Waals surface area contributed by atoms with Gasteiger partial charge in [0, 0.05) is 28.4 Å². The quantitative estimate of drug-likeness (QED) is 0.719. The molecule has 2 aromatic rings. The predicted molar refractivity (Wildman–Crippen MR) is 101 cm³/mol. The Labute approximate surface area is 154 Å². The Balaban J connectivity index is 2.22.